The van der Waals surface area contributed by atoms with E-state index in [0.29, 0.717) is 0 Å². The lowest BCUT2D eigenvalue weighted by Gasteiger charge is -1.92. The van der Waals surface area contributed by atoms with Crippen molar-refractivity contribution >= 4 is 18.2 Å². The Morgan fingerprint density at radius 1 is 1.88 bits per heavy atom. The van der Waals surface area contributed by atoms with Crippen molar-refractivity contribution in [3.63, 3.8) is 0 Å². The lowest BCUT2D eigenvalue weighted by atomic mass is 10.4. The van der Waals surface area contributed by atoms with Crippen LogP contribution < -0.4 is 5.73 Å². The molecule has 4 nitrogen and oxygen atoms in total. The van der Waals surface area contributed by atoms with Crippen LogP contribution in [0.5, 0.6) is 0 Å². The summed E-state index contributed by atoms with van der Waals surface area (Å²) in [5.74, 6) is 0.215. The van der Waals surface area contributed by atoms with Gasteiger partial charge in [-0.3, -0.25) is 4.79 Å². The molecular formula is C3H5N2O2S. The molecule has 0 saturated heterocycles. The Labute approximate surface area is 50.9 Å². The van der Waals surface area contributed by atoms with Crippen LogP contribution in [0.25, 0.3) is 0 Å². The fourth-order valence-corrected chi connectivity index (χ4v) is 0.434. The van der Waals surface area contributed by atoms with E-state index < -0.39 is 6.04 Å². The SMILES string of the molecule is N[C@H]([C]=O)CSN=O. The van der Waals surface area contributed by atoms with Crippen LogP contribution in [0.4, 0.5) is 0 Å². The van der Waals surface area contributed by atoms with E-state index in [1.165, 1.54) is 6.29 Å². The zero-order chi connectivity index (χ0) is 6.41. The van der Waals surface area contributed by atoms with Crippen molar-refractivity contribution in [3.8, 4) is 0 Å². The topological polar surface area (TPSA) is 72.5 Å². The second kappa shape index (κ2) is 4.73. The van der Waals surface area contributed by atoms with Crippen LogP contribution in [0.15, 0.2) is 4.58 Å². The number of nitrogens with two attached hydrogens (primary N) is 1. The van der Waals surface area contributed by atoms with Gasteiger partial charge in [0, 0.05) is 22.3 Å². The van der Waals surface area contributed by atoms with Gasteiger partial charge in [0.1, 0.15) is 0 Å². The Kier molecular flexibility index (Phi) is 4.48. The predicted molar refractivity (Wildman–Crippen MR) is 31.9 cm³/mol. The number of nitrogens with zero attached hydrogens (tertiary/aromatic N) is 1. The lowest BCUT2D eigenvalue weighted by molar-refractivity contribution is 0.546. The molecule has 0 aromatic carbocycles. The Morgan fingerprint density at radius 2 is 2.50 bits per heavy atom. The summed E-state index contributed by atoms with van der Waals surface area (Å²) in [7, 11) is 0. The maximum atomic E-state index is 9.60. The van der Waals surface area contributed by atoms with E-state index >= 15 is 0 Å². The first-order chi connectivity index (χ1) is 3.81. The molecule has 0 aliphatic carbocycles. The number of hydrogen-bond donors (Lipinski definition) is 1. The molecule has 0 rings (SSSR count). The highest BCUT2D eigenvalue weighted by molar-refractivity contribution is 7.97. The third kappa shape index (κ3) is 3.76. The van der Waals surface area contributed by atoms with Crippen molar-refractivity contribution < 1.29 is 4.79 Å². The molecular weight excluding hydrogens is 128 g/mol. The number of nitroso groups, excluding NO2 is 1. The van der Waals surface area contributed by atoms with E-state index in [-0.39, 0.29) is 5.75 Å². The summed E-state index contributed by atoms with van der Waals surface area (Å²) < 4.78 is 2.43. The first kappa shape index (κ1) is 7.58. The minimum atomic E-state index is -0.683. The van der Waals surface area contributed by atoms with Gasteiger partial charge in [0.15, 0.2) is 0 Å². The summed E-state index contributed by atoms with van der Waals surface area (Å²) in [6.45, 7) is 0. The van der Waals surface area contributed by atoms with E-state index in [2.05, 4.69) is 4.58 Å². The zero-order valence-electron chi connectivity index (χ0n) is 4.03. The second-order valence-electron chi connectivity index (χ2n) is 1.09. The Bertz CT molecular complexity index is 87.4. The summed E-state index contributed by atoms with van der Waals surface area (Å²) in [6, 6.07) is -0.683. The summed E-state index contributed by atoms with van der Waals surface area (Å²) in [5.41, 5.74) is 5.02. The monoisotopic (exact) mass is 133 g/mol. The molecule has 8 heavy (non-hydrogen) atoms. The van der Waals surface area contributed by atoms with Gasteiger partial charge in [-0.2, -0.15) is 0 Å². The molecule has 0 aliphatic rings. The van der Waals surface area contributed by atoms with E-state index in [9.17, 15) is 9.70 Å². The maximum absolute atomic E-state index is 9.60. The second-order valence-corrected chi connectivity index (χ2v) is 1.84. The molecule has 1 atom stereocenters. The summed E-state index contributed by atoms with van der Waals surface area (Å²) in [6.07, 6.45) is 1.51. The highest BCUT2D eigenvalue weighted by atomic mass is 32.2. The molecule has 0 aliphatic heterocycles. The van der Waals surface area contributed by atoms with Crippen molar-refractivity contribution in [3.05, 3.63) is 4.91 Å². The van der Waals surface area contributed by atoms with Gasteiger partial charge in [-0.25, -0.2) is 0 Å². The Balaban J connectivity index is 3.09. The molecule has 5 heteroatoms. The maximum Gasteiger partial charge on any atom is 0.217 e. The molecule has 45 valence electrons. The van der Waals surface area contributed by atoms with Crippen LogP contribution in [-0.2, 0) is 4.79 Å². The summed E-state index contributed by atoms with van der Waals surface area (Å²) in [4.78, 5) is 19.0. The van der Waals surface area contributed by atoms with Crippen LogP contribution in [0.3, 0.4) is 0 Å². The van der Waals surface area contributed by atoms with Gasteiger partial charge in [0.2, 0.25) is 6.29 Å². The number of hydrogen-bond acceptors (Lipinski definition) is 5. The molecule has 2 N–H and O–H groups in total. The molecule has 0 aromatic rings. The Hall–Kier alpha value is -0.420. The van der Waals surface area contributed by atoms with Crippen molar-refractivity contribution in [2.75, 3.05) is 5.75 Å². The van der Waals surface area contributed by atoms with Gasteiger partial charge in [-0.05, 0) is 0 Å². The molecule has 0 aromatic heterocycles. The highest BCUT2D eigenvalue weighted by Gasteiger charge is 1.99. The summed E-state index contributed by atoms with van der Waals surface area (Å²) >= 11 is 0.723. The van der Waals surface area contributed by atoms with Crippen LogP contribution >= 0.6 is 11.9 Å². The quantitative estimate of drug-likeness (QED) is 0.427. The Morgan fingerprint density at radius 3 is 2.88 bits per heavy atom. The standard InChI is InChI=1S/C3H5N2O2S/c4-3(1-6)2-8-5-7/h3H,2,4H2/t3-/m1/s1. The molecule has 1 radical (unpaired) electrons. The van der Waals surface area contributed by atoms with Gasteiger partial charge in [0.25, 0.3) is 0 Å². The van der Waals surface area contributed by atoms with Crippen LogP contribution in [0, 0.1) is 4.91 Å². The first-order valence-corrected chi connectivity index (χ1v) is 2.83. The lowest BCUT2D eigenvalue weighted by Crippen LogP contribution is -2.23. The first-order valence-electron chi connectivity index (χ1n) is 1.89. The molecule has 0 heterocycles. The van der Waals surface area contributed by atoms with Crippen molar-refractivity contribution in [1.82, 2.24) is 0 Å². The highest BCUT2D eigenvalue weighted by Crippen LogP contribution is 1.99. The number of rotatable bonds is 4. The van der Waals surface area contributed by atoms with E-state index in [1.54, 1.807) is 0 Å². The van der Waals surface area contributed by atoms with Gasteiger partial charge in [-0.1, -0.05) is 0 Å². The molecule has 0 bridgehead atoms. The van der Waals surface area contributed by atoms with Crippen LogP contribution in [-0.4, -0.2) is 18.1 Å². The fourth-order valence-electron chi connectivity index (χ4n) is 0.145. The minimum absolute atomic E-state index is 0.215. The van der Waals surface area contributed by atoms with Gasteiger partial charge >= 0.3 is 0 Å². The van der Waals surface area contributed by atoms with Crippen molar-refractivity contribution in [2.45, 2.75) is 6.04 Å². The zero-order valence-corrected chi connectivity index (χ0v) is 4.85. The minimum Gasteiger partial charge on any atom is -0.320 e. The van der Waals surface area contributed by atoms with Gasteiger partial charge in [-0.15, -0.1) is 4.91 Å². The third-order valence-electron chi connectivity index (χ3n) is 0.458. The van der Waals surface area contributed by atoms with Crippen LogP contribution in [0.1, 0.15) is 0 Å². The molecule has 0 amide bonds. The molecule has 0 saturated carbocycles. The average Bonchev–Trinajstić information content (AvgIpc) is 1.83. The van der Waals surface area contributed by atoms with E-state index in [0.717, 1.165) is 11.9 Å². The normalized spacial score (nSPS) is 12.6. The van der Waals surface area contributed by atoms with Gasteiger partial charge in [0.05, 0.1) is 6.04 Å². The summed E-state index contributed by atoms with van der Waals surface area (Å²) in [5, 5.41) is 0. The smallest absolute Gasteiger partial charge is 0.217 e. The third-order valence-corrected chi connectivity index (χ3v) is 1.07. The largest absolute Gasteiger partial charge is 0.320 e. The average molecular weight is 133 g/mol. The molecule has 0 spiro atoms. The fraction of sp³-hybridized carbons (Fsp3) is 0.667. The van der Waals surface area contributed by atoms with Gasteiger partial charge < -0.3 is 5.73 Å². The molecule has 0 fully saturated rings. The number of carbonyl (C=O) groups excluding carboxylic acids is 1. The van der Waals surface area contributed by atoms with Crippen molar-refractivity contribution in [1.29, 1.82) is 0 Å². The van der Waals surface area contributed by atoms with Crippen LogP contribution in [0.2, 0.25) is 0 Å². The predicted octanol–water partition coefficient (Wildman–Crippen LogP) is -0.162. The van der Waals surface area contributed by atoms with E-state index in [4.69, 9.17) is 5.73 Å². The van der Waals surface area contributed by atoms with E-state index in [1.807, 2.05) is 0 Å². The van der Waals surface area contributed by atoms with Crippen molar-refractivity contribution in [2.24, 2.45) is 10.3 Å². The molecule has 0 unspecified atom stereocenters.